The van der Waals surface area contributed by atoms with Crippen LogP contribution < -0.4 is 16.1 Å². The smallest absolute Gasteiger partial charge is 0.347 e. The number of carbonyl (C=O) groups excluding carboxylic acids is 1. The Kier molecular flexibility index (Phi) is 3.85. The molecule has 2 aromatic carbocycles. The summed E-state index contributed by atoms with van der Waals surface area (Å²) in [6.07, 6.45) is 0. The van der Waals surface area contributed by atoms with Gasteiger partial charge in [-0.2, -0.15) is 0 Å². The average molecular weight is 309 g/mol. The third-order valence-electron chi connectivity index (χ3n) is 3.44. The molecule has 116 valence electrons. The summed E-state index contributed by atoms with van der Waals surface area (Å²) in [5, 5.41) is 0.634. The number of fused-ring (bicyclic) bond motifs is 1. The van der Waals surface area contributed by atoms with Crippen molar-refractivity contribution in [2.24, 2.45) is 0 Å². The number of rotatable bonds is 4. The maximum absolute atomic E-state index is 12.5. The highest BCUT2D eigenvalue weighted by atomic mass is 16.5. The van der Waals surface area contributed by atoms with Gasteiger partial charge in [0.25, 0.3) is 0 Å². The summed E-state index contributed by atoms with van der Waals surface area (Å²) in [5.74, 6) is 0.0797. The first-order valence-electron chi connectivity index (χ1n) is 7.20. The van der Waals surface area contributed by atoms with Crippen LogP contribution in [0.2, 0.25) is 0 Å². The van der Waals surface area contributed by atoms with Crippen LogP contribution in [0.15, 0.2) is 57.7 Å². The molecule has 0 unspecified atom stereocenters. The number of carbonyl (C=O) groups is 1. The summed E-state index contributed by atoms with van der Waals surface area (Å²) in [7, 11) is 0. The van der Waals surface area contributed by atoms with Gasteiger partial charge in [0, 0.05) is 16.6 Å². The lowest BCUT2D eigenvalue weighted by atomic mass is 10.0. The minimum atomic E-state index is -0.688. The molecule has 1 aromatic heterocycles. The zero-order chi connectivity index (χ0) is 16.4. The van der Waals surface area contributed by atoms with Crippen LogP contribution in [0.3, 0.4) is 0 Å². The zero-order valence-corrected chi connectivity index (χ0v) is 12.5. The van der Waals surface area contributed by atoms with Crippen molar-refractivity contribution in [3.63, 3.8) is 0 Å². The molecule has 0 saturated heterocycles. The molecule has 0 atom stereocenters. The van der Waals surface area contributed by atoms with Crippen molar-refractivity contribution in [2.75, 3.05) is 12.3 Å². The van der Waals surface area contributed by atoms with Crippen LogP contribution in [0.1, 0.15) is 22.8 Å². The molecule has 0 amide bonds. The highest BCUT2D eigenvalue weighted by Crippen LogP contribution is 2.25. The van der Waals surface area contributed by atoms with Gasteiger partial charge in [-0.15, -0.1) is 0 Å². The Hall–Kier alpha value is -3.08. The van der Waals surface area contributed by atoms with Gasteiger partial charge in [-0.3, -0.25) is 4.79 Å². The van der Waals surface area contributed by atoms with Crippen LogP contribution in [0, 0.1) is 0 Å². The molecule has 23 heavy (non-hydrogen) atoms. The Morgan fingerprint density at radius 3 is 2.61 bits per heavy atom. The highest BCUT2D eigenvalue weighted by molar-refractivity contribution is 6.10. The average Bonchev–Trinajstić information content (AvgIpc) is 2.55. The summed E-state index contributed by atoms with van der Waals surface area (Å²) in [4.78, 5) is 24.7. The fourth-order valence-corrected chi connectivity index (χ4v) is 2.34. The number of ether oxygens (including phenoxy) is 1. The third kappa shape index (κ3) is 2.81. The molecule has 3 rings (SSSR count). The topological polar surface area (TPSA) is 82.5 Å². The minimum absolute atomic E-state index is 0.0177. The van der Waals surface area contributed by atoms with Crippen LogP contribution in [-0.2, 0) is 0 Å². The number of ketones is 1. The molecular weight excluding hydrogens is 294 g/mol. The molecule has 0 radical (unpaired) electrons. The molecule has 2 N–H and O–H groups in total. The summed E-state index contributed by atoms with van der Waals surface area (Å²) in [5.41, 5.74) is 6.18. The van der Waals surface area contributed by atoms with E-state index >= 15 is 0 Å². The molecular formula is C18H15NO4. The van der Waals surface area contributed by atoms with Crippen molar-refractivity contribution in [3.8, 4) is 5.75 Å². The number of nitrogens with two attached hydrogens (primary N) is 1. The molecule has 0 aliphatic rings. The van der Waals surface area contributed by atoms with Crippen LogP contribution in [0.5, 0.6) is 5.75 Å². The van der Waals surface area contributed by atoms with E-state index in [2.05, 4.69) is 0 Å². The number of benzene rings is 2. The minimum Gasteiger partial charge on any atom is -0.490 e. The first-order chi connectivity index (χ1) is 11.1. The Morgan fingerprint density at radius 1 is 1.17 bits per heavy atom. The lowest BCUT2D eigenvalue weighted by Crippen LogP contribution is -2.15. The zero-order valence-electron chi connectivity index (χ0n) is 12.5. The molecule has 0 aliphatic carbocycles. The van der Waals surface area contributed by atoms with E-state index in [4.69, 9.17) is 14.9 Å². The summed E-state index contributed by atoms with van der Waals surface area (Å²) in [6.45, 7) is 2.30. The third-order valence-corrected chi connectivity index (χ3v) is 3.44. The van der Waals surface area contributed by atoms with E-state index in [1.54, 1.807) is 42.5 Å². The fraction of sp³-hybridized carbons (Fsp3) is 0.111. The van der Waals surface area contributed by atoms with Crippen molar-refractivity contribution >= 4 is 22.4 Å². The van der Waals surface area contributed by atoms with Crippen LogP contribution in [-0.4, -0.2) is 12.4 Å². The molecule has 0 aliphatic heterocycles. The van der Waals surface area contributed by atoms with Crippen LogP contribution in [0.25, 0.3) is 11.0 Å². The van der Waals surface area contributed by atoms with Crippen molar-refractivity contribution in [1.29, 1.82) is 0 Å². The van der Waals surface area contributed by atoms with Crippen molar-refractivity contribution < 1.29 is 13.9 Å². The lowest BCUT2D eigenvalue weighted by molar-refractivity contribution is 0.103. The molecule has 5 nitrogen and oxygen atoms in total. The van der Waals surface area contributed by atoms with E-state index < -0.39 is 11.4 Å². The standard InChI is InChI=1S/C18H15NO4/c1-2-22-15-5-3-4-12-10-14(18(21)23-17(12)15)16(20)11-6-8-13(19)9-7-11/h3-10H,2,19H2,1H3. The molecule has 0 fully saturated rings. The van der Waals surface area contributed by atoms with Gasteiger partial charge in [0.05, 0.1) is 6.61 Å². The second-order valence-electron chi connectivity index (χ2n) is 5.01. The number of anilines is 1. The SMILES string of the molecule is CCOc1cccc2cc(C(=O)c3ccc(N)cc3)c(=O)oc12. The molecule has 5 heteroatoms. The fourth-order valence-electron chi connectivity index (χ4n) is 2.34. The second-order valence-corrected chi connectivity index (χ2v) is 5.01. The van der Waals surface area contributed by atoms with E-state index in [0.717, 1.165) is 0 Å². The number of hydrogen-bond acceptors (Lipinski definition) is 5. The van der Waals surface area contributed by atoms with E-state index in [1.165, 1.54) is 6.07 Å². The van der Waals surface area contributed by atoms with Gasteiger partial charge >= 0.3 is 5.63 Å². The second kappa shape index (κ2) is 5.96. The van der Waals surface area contributed by atoms with Gasteiger partial charge in [-0.1, -0.05) is 12.1 Å². The van der Waals surface area contributed by atoms with Crippen LogP contribution in [0.4, 0.5) is 5.69 Å². The van der Waals surface area contributed by atoms with Crippen molar-refractivity contribution in [3.05, 3.63) is 70.1 Å². The van der Waals surface area contributed by atoms with Crippen molar-refractivity contribution in [1.82, 2.24) is 0 Å². The lowest BCUT2D eigenvalue weighted by Gasteiger charge is -2.07. The van der Waals surface area contributed by atoms with E-state index in [-0.39, 0.29) is 5.56 Å². The van der Waals surface area contributed by atoms with E-state index in [1.807, 2.05) is 6.92 Å². The monoisotopic (exact) mass is 309 g/mol. The Bertz CT molecular complexity index is 926. The highest BCUT2D eigenvalue weighted by Gasteiger charge is 2.17. The number of para-hydroxylation sites is 1. The van der Waals surface area contributed by atoms with E-state index in [9.17, 15) is 9.59 Å². The van der Waals surface area contributed by atoms with Gasteiger partial charge in [0.2, 0.25) is 0 Å². The predicted octanol–water partition coefficient (Wildman–Crippen LogP) is 3.00. The molecule has 0 bridgehead atoms. The Balaban J connectivity index is 2.12. The normalized spacial score (nSPS) is 10.7. The van der Waals surface area contributed by atoms with E-state index in [0.29, 0.717) is 34.6 Å². The maximum Gasteiger partial charge on any atom is 0.347 e. The Labute approximate surface area is 132 Å². The maximum atomic E-state index is 12.5. The van der Waals surface area contributed by atoms with Gasteiger partial charge < -0.3 is 14.9 Å². The molecule has 0 saturated carbocycles. The number of nitrogen functional groups attached to an aromatic ring is 1. The molecule has 0 spiro atoms. The van der Waals surface area contributed by atoms with Gasteiger partial charge in [-0.25, -0.2) is 4.79 Å². The number of hydrogen-bond donors (Lipinski definition) is 1. The largest absolute Gasteiger partial charge is 0.490 e. The summed E-state index contributed by atoms with van der Waals surface area (Å²) >= 11 is 0. The predicted molar refractivity (Wildman–Crippen MR) is 87.9 cm³/mol. The first-order valence-corrected chi connectivity index (χ1v) is 7.20. The Morgan fingerprint density at radius 2 is 1.91 bits per heavy atom. The first kappa shape index (κ1) is 14.8. The quantitative estimate of drug-likeness (QED) is 0.455. The van der Waals surface area contributed by atoms with Gasteiger partial charge in [0.1, 0.15) is 5.56 Å². The van der Waals surface area contributed by atoms with Gasteiger partial charge in [0.15, 0.2) is 17.1 Å². The van der Waals surface area contributed by atoms with Crippen LogP contribution >= 0.6 is 0 Å². The molecule has 3 aromatic rings. The van der Waals surface area contributed by atoms with Crippen molar-refractivity contribution in [2.45, 2.75) is 6.92 Å². The molecule has 1 heterocycles. The summed E-state index contributed by atoms with van der Waals surface area (Å²) in [6, 6.07) is 13.2. The summed E-state index contributed by atoms with van der Waals surface area (Å²) < 4.78 is 10.8. The van der Waals surface area contributed by atoms with Gasteiger partial charge in [-0.05, 0) is 43.3 Å².